The molecule has 0 bridgehead atoms. The van der Waals surface area contributed by atoms with Crippen LogP contribution in [0.25, 0.3) is 0 Å². The third kappa shape index (κ3) is 1.18. The first-order valence-corrected chi connectivity index (χ1v) is 3.19. The van der Waals surface area contributed by atoms with Gasteiger partial charge in [-0.3, -0.25) is 0 Å². The Morgan fingerprint density at radius 2 is 2.60 bits per heavy atom. The van der Waals surface area contributed by atoms with Gasteiger partial charge in [0.1, 0.15) is 6.61 Å². The molecule has 0 radical (unpaired) electrons. The fourth-order valence-electron chi connectivity index (χ4n) is 0.669. The SMILES string of the molecule is COC(=O)N1CCOC1=S. The van der Waals surface area contributed by atoms with Gasteiger partial charge in [-0.25, -0.2) is 9.69 Å². The van der Waals surface area contributed by atoms with Crippen molar-refractivity contribution in [3.05, 3.63) is 0 Å². The van der Waals surface area contributed by atoms with Crippen molar-refractivity contribution >= 4 is 23.5 Å². The molecule has 10 heavy (non-hydrogen) atoms. The summed E-state index contributed by atoms with van der Waals surface area (Å²) in [6.45, 7) is 0.958. The van der Waals surface area contributed by atoms with Crippen LogP contribution in [0.2, 0.25) is 0 Å². The van der Waals surface area contributed by atoms with E-state index in [2.05, 4.69) is 17.0 Å². The molecule has 1 saturated heterocycles. The van der Waals surface area contributed by atoms with E-state index < -0.39 is 6.09 Å². The van der Waals surface area contributed by atoms with Gasteiger partial charge in [0.15, 0.2) is 0 Å². The van der Waals surface area contributed by atoms with Gasteiger partial charge < -0.3 is 9.47 Å². The molecule has 1 rings (SSSR count). The van der Waals surface area contributed by atoms with Crippen LogP contribution in [-0.4, -0.2) is 36.4 Å². The van der Waals surface area contributed by atoms with Gasteiger partial charge >= 0.3 is 6.09 Å². The average molecular weight is 161 g/mol. The quantitative estimate of drug-likeness (QED) is 0.481. The number of carbonyl (C=O) groups excluding carboxylic acids is 1. The van der Waals surface area contributed by atoms with Crippen molar-refractivity contribution in [1.29, 1.82) is 0 Å². The van der Waals surface area contributed by atoms with Gasteiger partial charge in [0, 0.05) is 0 Å². The maximum atomic E-state index is 10.8. The molecular formula is C5H7NO3S. The highest BCUT2D eigenvalue weighted by molar-refractivity contribution is 7.80. The number of methoxy groups -OCH3 is 1. The minimum atomic E-state index is -0.456. The number of amides is 1. The number of carbonyl (C=O) groups is 1. The van der Waals surface area contributed by atoms with Crippen molar-refractivity contribution in [2.45, 2.75) is 0 Å². The first-order valence-electron chi connectivity index (χ1n) is 2.78. The number of rotatable bonds is 0. The Morgan fingerprint density at radius 1 is 1.90 bits per heavy atom. The molecule has 56 valence electrons. The van der Waals surface area contributed by atoms with Crippen molar-refractivity contribution in [3.8, 4) is 0 Å². The van der Waals surface area contributed by atoms with Gasteiger partial charge in [-0.1, -0.05) is 0 Å². The largest absolute Gasteiger partial charge is 0.469 e. The maximum absolute atomic E-state index is 10.8. The number of nitrogens with zero attached hydrogens (tertiary/aromatic N) is 1. The molecule has 0 saturated carbocycles. The van der Waals surface area contributed by atoms with Gasteiger partial charge in [-0.2, -0.15) is 0 Å². The smallest absolute Gasteiger partial charge is 0.417 e. The summed E-state index contributed by atoms with van der Waals surface area (Å²) in [5, 5.41) is 0.201. The van der Waals surface area contributed by atoms with E-state index in [1.165, 1.54) is 12.0 Å². The van der Waals surface area contributed by atoms with E-state index in [0.29, 0.717) is 13.2 Å². The summed E-state index contributed by atoms with van der Waals surface area (Å²) in [6.07, 6.45) is -0.456. The molecule has 0 aromatic carbocycles. The van der Waals surface area contributed by atoms with E-state index in [1.54, 1.807) is 0 Å². The summed E-state index contributed by atoms with van der Waals surface area (Å²) < 4.78 is 9.27. The van der Waals surface area contributed by atoms with Crippen molar-refractivity contribution in [2.24, 2.45) is 0 Å². The lowest BCUT2D eigenvalue weighted by molar-refractivity contribution is 0.149. The van der Waals surface area contributed by atoms with E-state index in [-0.39, 0.29) is 5.17 Å². The van der Waals surface area contributed by atoms with Crippen LogP contribution in [0.3, 0.4) is 0 Å². The van der Waals surface area contributed by atoms with E-state index in [0.717, 1.165) is 0 Å². The monoisotopic (exact) mass is 161 g/mol. The Morgan fingerprint density at radius 3 is 3.00 bits per heavy atom. The molecule has 0 aromatic heterocycles. The first-order chi connectivity index (χ1) is 4.75. The van der Waals surface area contributed by atoms with Crippen LogP contribution in [0.1, 0.15) is 0 Å². The molecule has 0 aliphatic carbocycles. The summed E-state index contributed by atoms with van der Waals surface area (Å²) in [5.74, 6) is 0. The van der Waals surface area contributed by atoms with Crippen molar-refractivity contribution in [1.82, 2.24) is 4.90 Å². The second kappa shape index (κ2) is 2.83. The van der Waals surface area contributed by atoms with Crippen molar-refractivity contribution in [3.63, 3.8) is 0 Å². The number of ether oxygens (including phenoxy) is 2. The summed E-state index contributed by atoms with van der Waals surface area (Å²) in [4.78, 5) is 12.0. The van der Waals surface area contributed by atoms with Crippen molar-refractivity contribution < 1.29 is 14.3 Å². The molecule has 1 aliphatic rings. The van der Waals surface area contributed by atoms with Crippen LogP contribution < -0.4 is 0 Å². The van der Waals surface area contributed by atoms with Crippen LogP contribution in [0.4, 0.5) is 4.79 Å². The molecule has 4 nitrogen and oxygen atoms in total. The maximum Gasteiger partial charge on any atom is 0.417 e. The van der Waals surface area contributed by atoms with Crippen molar-refractivity contribution in [2.75, 3.05) is 20.3 Å². The fraction of sp³-hybridized carbons (Fsp3) is 0.600. The number of hydrogen-bond acceptors (Lipinski definition) is 4. The average Bonchev–Trinajstić information content (AvgIpc) is 2.34. The second-order valence-corrected chi connectivity index (χ2v) is 2.09. The Labute approximate surface area is 63.7 Å². The molecule has 5 heteroatoms. The van der Waals surface area contributed by atoms with Crippen LogP contribution in [0, 0.1) is 0 Å². The van der Waals surface area contributed by atoms with Gasteiger partial charge in [0.25, 0.3) is 5.17 Å². The zero-order valence-electron chi connectivity index (χ0n) is 5.49. The van der Waals surface area contributed by atoms with E-state index >= 15 is 0 Å². The van der Waals surface area contributed by atoms with Crippen LogP contribution >= 0.6 is 12.2 Å². The normalized spacial score (nSPS) is 16.9. The number of hydrogen-bond donors (Lipinski definition) is 0. The minimum absolute atomic E-state index is 0.201. The third-order valence-corrected chi connectivity index (χ3v) is 1.49. The minimum Gasteiger partial charge on any atom is -0.469 e. The highest BCUT2D eigenvalue weighted by Crippen LogP contribution is 2.04. The Bertz CT molecular complexity index is 170. The molecular weight excluding hydrogens is 154 g/mol. The molecule has 0 aromatic rings. The predicted octanol–water partition coefficient (Wildman–Crippen LogP) is 0.370. The van der Waals surface area contributed by atoms with Gasteiger partial charge in [0.05, 0.1) is 13.7 Å². The summed E-state index contributed by atoms with van der Waals surface area (Å²) in [7, 11) is 1.31. The Balaban J connectivity index is 2.55. The predicted molar refractivity (Wildman–Crippen MR) is 37.7 cm³/mol. The lowest BCUT2D eigenvalue weighted by Gasteiger charge is -2.09. The van der Waals surface area contributed by atoms with Crippen LogP contribution in [0.5, 0.6) is 0 Å². The molecule has 0 atom stereocenters. The highest BCUT2D eigenvalue weighted by Gasteiger charge is 2.25. The molecule has 0 spiro atoms. The summed E-state index contributed by atoms with van der Waals surface area (Å²) in [6, 6.07) is 0. The Kier molecular flexibility index (Phi) is 2.06. The van der Waals surface area contributed by atoms with Crippen LogP contribution in [0.15, 0.2) is 0 Å². The Hall–Kier alpha value is -0.840. The number of thiocarbonyl (C=S) groups is 1. The van der Waals surface area contributed by atoms with Gasteiger partial charge in [0.2, 0.25) is 0 Å². The lowest BCUT2D eigenvalue weighted by Crippen LogP contribution is -2.31. The fourth-order valence-corrected chi connectivity index (χ4v) is 0.919. The molecule has 0 unspecified atom stereocenters. The molecule has 1 amide bonds. The first kappa shape index (κ1) is 7.27. The standard InChI is InChI=1S/C5H7NO3S/c1-8-4(7)6-2-3-9-5(6)10/h2-3H2,1H3. The van der Waals surface area contributed by atoms with E-state index in [4.69, 9.17) is 4.74 Å². The van der Waals surface area contributed by atoms with Gasteiger partial charge in [-0.15, -0.1) is 0 Å². The topological polar surface area (TPSA) is 38.8 Å². The van der Waals surface area contributed by atoms with Gasteiger partial charge in [-0.05, 0) is 12.2 Å². The van der Waals surface area contributed by atoms with E-state index in [1.807, 2.05) is 0 Å². The van der Waals surface area contributed by atoms with E-state index in [9.17, 15) is 4.79 Å². The molecule has 1 heterocycles. The zero-order chi connectivity index (χ0) is 7.56. The summed E-state index contributed by atoms with van der Waals surface area (Å²) in [5.41, 5.74) is 0. The third-order valence-electron chi connectivity index (χ3n) is 1.16. The second-order valence-electron chi connectivity index (χ2n) is 1.74. The summed E-state index contributed by atoms with van der Waals surface area (Å²) >= 11 is 4.69. The molecule has 1 fully saturated rings. The lowest BCUT2D eigenvalue weighted by atomic mass is 10.7. The zero-order valence-corrected chi connectivity index (χ0v) is 6.31. The molecule has 0 N–H and O–H groups in total. The highest BCUT2D eigenvalue weighted by atomic mass is 32.1. The molecule has 1 aliphatic heterocycles. The van der Waals surface area contributed by atoms with Crippen LogP contribution in [-0.2, 0) is 9.47 Å².